The number of carbonyl (C=O) groups is 1. The fourth-order valence-electron chi connectivity index (χ4n) is 4.03. The van der Waals surface area contributed by atoms with E-state index in [9.17, 15) is 9.90 Å². The van der Waals surface area contributed by atoms with E-state index in [2.05, 4.69) is 11.8 Å². The highest BCUT2D eigenvalue weighted by Gasteiger charge is 2.36. The fourth-order valence-corrected chi connectivity index (χ4v) is 4.75. The molecule has 7 heteroatoms. The maximum atomic E-state index is 13.2. The van der Waals surface area contributed by atoms with Crippen molar-refractivity contribution in [2.75, 3.05) is 26.7 Å². The van der Waals surface area contributed by atoms with Crippen molar-refractivity contribution in [1.29, 1.82) is 0 Å². The Morgan fingerprint density at radius 1 is 1.28 bits per heavy atom. The second-order valence-corrected chi connectivity index (χ2v) is 8.79. The van der Waals surface area contributed by atoms with Crippen molar-refractivity contribution < 1.29 is 14.6 Å². The van der Waals surface area contributed by atoms with E-state index in [0.29, 0.717) is 24.3 Å². The van der Waals surface area contributed by atoms with Crippen LogP contribution in [0.2, 0.25) is 0 Å². The topological polar surface area (TPSA) is 65.4 Å². The van der Waals surface area contributed by atoms with Crippen molar-refractivity contribution in [1.82, 2.24) is 9.91 Å². The molecule has 3 heterocycles. The summed E-state index contributed by atoms with van der Waals surface area (Å²) in [6.45, 7) is 4.50. The van der Waals surface area contributed by atoms with E-state index >= 15 is 0 Å². The number of phenols is 1. The summed E-state index contributed by atoms with van der Waals surface area (Å²) in [7, 11) is 1.53. The summed E-state index contributed by atoms with van der Waals surface area (Å²) in [5.74, 6) is 1.17. The maximum Gasteiger partial charge on any atom is 0.257 e. The zero-order chi connectivity index (χ0) is 20.4. The number of aromatic hydroxyl groups is 1. The zero-order valence-electron chi connectivity index (χ0n) is 16.9. The van der Waals surface area contributed by atoms with Crippen molar-refractivity contribution in [2.45, 2.75) is 32.2 Å². The van der Waals surface area contributed by atoms with E-state index in [1.54, 1.807) is 22.4 Å². The van der Waals surface area contributed by atoms with Crippen LogP contribution in [-0.4, -0.2) is 53.4 Å². The first kappa shape index (κ1) is 19.9. The number of benzene rings is 1. The van der Waals surface area contributed by atoms with Crippen LogP contribution >= 0.6 is 11.3 Å². The van der Waals surface area contributed by atoms with Crippen molar-refractivity contribution in [3.8, 4) is 11.5 Å². The van der Waals surface area contributed by atoms with Gasteiger partial charge in [-0.15, -0.1) is 11.3 Å². The SMILES string of the molecule is COc1cccc(C2CC(c3cccs3)=NN2C(=O)CN2CCC(C)CC2)c1O. The van der Waals surface area contributed by atoms with Gasteiger partial charge in [0.2, 0.25) is 0 Å². The number of nitrogens with zero attached hydrogens (tertiary/aromatic N) is 3. The third kappa shape index (κ3) is 4.16. The van der Waals surface area contributed by atoms with Crippen LogP contribution in [0.1, 0.15) is 42.7 Å². The number of methoxy groups -OCH3 is 1. The number of piperidine rings is 1. The number of para-hydroxylation sites is 1. The lowest BCUT2D eigenvalue weighted by Gasteiger charge is -2.31. The molecule has 0 spiro atoms. The van der Waals surface area contributed by atoms with Gasteiger partial charge in [-0.05, 0) is 49.4 Å². The predicted molar refractivity (Wildman–Crippen MR) is 115 cm³/mol. The quantitative estimate of drug-likeness (QED) is 0.808. The molecule has 1 fully saturated rings. The highest BCUT2D eigenvalue weighted by atomic mass is 32.1. The number of hydrazone groups is 1. The molecule has 2 aliphatic heterocycles. The Balaban J connectivity index is 1.60. The van der Waals surface area contributed by atoms with Gasteiger partial charge in [-0.25, -0.2) is 5.01 Å². The van der Waals surface area contributed by atoms with Gasteiger partial charge in [0.1, 0.15) is 0 Å². The standard InChI is InChI=1S/C22H27N3O3S/c1-15-8-10-24(11-9-15)14-21(26)25-18(13-17(23-25)20-7-4-12-29-20)16-5-3-6-19(28-2)22(16)27/h3-7,12,15,18,27H,8-11,13-14H2,1-2H3. The molecule has 0 radical (unpaired) electrons. The molecule has 1 unspecified atom stereocenters. The molecule has 1 saturated heterocycles. The van der Waals surface area contributed by atoms with Gasteiger partial charge >= 0.3 is 0 Å². The molecule has 154 valence electrons. The number of amides is 1. The minimum Gasteiger partial charge on any atom is -0.504 e. The van der Waals surface area contributed by atoms with Gasteiger partial charge in [-0.3, -0.25) is 9.69 Å². The number of ether oxygens (including phenoxy) is 1. The summed E-state index contributed by atoms with van der Waals surface area (Å²) in [5, 5.41) is 19.0. The Morgan fingerprint density at radius 3 is 2.76 bits per heavy atom. The van der Waals surface area contributed by atoms with E-state index in [1.807, 2.05) is 29.6 Å². The molecule has 0 saturated carbocycles. The summed E-state index contributed by atoms with van der Waals surface area (Å²) < 4.78 is 5.27. The minimum atomic E-state index is -0.335. The average Bonchev–Trinajstić information content (AvgIpc) is 3.39. The highest BCUT2D eigenvalue weighted by Crippen LogP contribution is 2.41. The molecule has 29 heavy (non-hydrogen) atoms. The number of likely N-dealkylation sites (tertiary alicyclic amines) is 1. The molecule has 1 aromatic heterocycles. The van der Waals surface area contributed by atoms with E-state index < -0.39 is 0 Å². The average molecular weight is 414 g/mol. The number of phenolic OH excluding ortho intramolecular Hbond substituents is 1. The Kier molecular flexibility index (Phi) is 5.87. The number of carbonyl (C=O) groups excluding carboxylic acids is 1. The number of hydrogen-bond acceptors (Lipinski definition) is 6. The number of hydrogen-bond donors (Lipinski definition) is 1. The summed E-state index contributed by atoms with van der Waals surface area (Å²) in [6, 6.07) is 9.07. The molecule has 0 bridgehead atoms. The minimum absolute atomic E-state index is 0.0293. The monoisotopic (exact) mass is 413 g/mol. The van der Waals surface area contributed by atoms with Crippen LogP contribution in [0.25, 0.3) is 0 Å². The lowest BCUT2D eigenvalue weighted by molar-refractivity contribution is -0.134. The Hall–Kier alpha value is -2.38. The Labute approximate surface area is 175 Å². The van der Waals surface area contributed by atoms with Crippen LogP contribution in [0.5, 0.6) is 11.5 Å². The third-order valence-corrected chi connectivity index (χ3v) is 6.73. The van der Waals surface area contributed by atoms with Gasteiger partial charge in [-0.1, -0.05) is 25.1 Å². The predicted octanol–water partition coefficient (Wildman–Crippen LogP) is 3.87. The molecule has 1 amide bonds. The molecule has 1 N–H and O–H groups in total. The molecular weight excluding hydrogens is 386 g/mol. The Morgan fingerprint density at radius 2 is 2.07 bits per heavy atom. The second kappa shape index (κ2) is 8.55. The molecule has 0 aliphatic carbocycles. The maximum absolute atomic E-state index is 13.2. The van der Waals surface area contributed by atoms with Crippen LogP contribution in [0.4, 0.5) is 0 Å². The van der Waals surface area contributed by atoms with Gasteiger partial charge in [0, 0.05) is 12.0 Å². The molecule has 1 aromatic carbocycles. The molecule has 4 rings (SSSR count). The van der Waals surface area contributed by atoms with Gasteiger partial charge in [-0.2, -0.15) is 5.10 Å². The van der Waals surface area contributed by atoms with Crippen LogP contribution in [0.15, 0.2) is 40.8 Å². The first-order chi connectivity index (χ1) is 14.1. The summed E-state index contributed by atoms with van der Waals surface area (Å²) in [5.41, 5.74) is 1.55. The summed E-state index contributed by atoms with van der Waals surface area (Å²) in [4.78, 5) is 16.5. The fraction of sp³-hybridized carbons (Fsp3) is 0.455. The molecule has 2 aliphatic rings. The van der Waals surface area contributed by atoms with Crippen LogP contribution in [0.3, 0.4) is 0 Å². The van der Waals surface area contributed by atoms with Crippen molar-refractivity contribution >= 4 is 23.0 Å². The van der Waals surface area contributed by atoms with Crippen LogP contribution in [0, 0.1) is 5.92 Å². The van der Waals surface area contributed by atoms with Crippen molar-refractivity contribution in [3.05, 3.63) is 46.2 Å². The second-order valence-electron chi connectivity index (χ2n) is 7.84. The van der Waals surface area contributed by atoms with Crippen molar-refractivity contribution in [2.24, 2.45) is 11.0 Å². The lowest BCUT2D eigenvalue weighted by atomic mass is 9.98. The smallest absolute Gasteiger partial charge is 0.257 e. The Bertz CT molecular complexity index is 889. The highest BCUT2D eigenvalue weighted by molar-refractivity contribution is 7.12. The molecule has 6 nitrogen and oxygen atoms in total. The zero-order valence-corrected chi connectivity index (χ0v) is 17.7. The first-order valence-corrected chi connectivity index (χ1v) is 11.0. The molecule has 1 atom stereocenters. The van der Waals surface area contributed by atoms with Gasteiger partial charge in [0.05, 0.1) is 30.3 Å². The van der Waals surface area contributed by atoms with Gasteiger partial charge < -0.3 is 9.84 Å². The normalized spacial score (nSPS) is 20.7. The lowest BCUT2D eigenvalue weighted by Crippen LogP contribution is -2.41. The van der Waals surface area contributed by atoms with Crippen LogP contribution in [-0.2, 0) is 4.79 Å². The van der Waals surface area contributed by atoms with Crippen molar-refractivity contribution in [3.63, 3.8) is 0 Å². The number of rotatable bonds is 5. The van der Waals surface area contributed by atoms with E-state index in [4.69, 9.17) is 9.84 Å². The summed E-state index contributed by atoms with van der Waals surface area (Å²) in [6.07, 6.45) is 2.82. The molecular formula is C22H27N3O3S. The van der Waals surface area contributed by atoms with Crippen LogP contribution < -0.4 is 4.74 Å². The number of thiophene rings is 1. The van der Waals surface area contributed by atoms with E-state index in [1.165, 1.54) is 7.11 Å². The van der Waals surface area contributed by atoms with Gasteiger partial charge in [0.25, 0.3) is 5.91 Å². The van der Waals surface area contributed by atoms with E-state index in [0.717, 1.165) is 42.4 Å². The van der Waals surface area contributed by atoms with Gasteiger partial charge in [0.15, 0.2) is 11.5 Å². The van der Waals surface area contributed by atoms with E-state index in [-0.39, 0.29) is 17.7 Å². The molecule has 2 aromatic rings. The largest absolute Gasteiger partial charge is 0.504 e. The first-order valence-electron chi connectivity index (χ1n) is 10.1. The summed E-state index contributed by atoms with van der Waals surface area (Å²) >= 11 is 1.61. The third-order valence-electron chi connectivity index (χ3n) is 5.82.